The number of hydrogen-bond donors (Lipinski definition) is 1. The van der Waals surface area contributed by atoms with E-state index in [2.05, 4.69) is 17.1 Å². The van der Waals surface area contributed by atoms with Crippen LogP contribution in [0.3, 0.4) is 0 Å². The molecule has 0 spiro atoms. The zero-order chi connectivity index (χ0) is 17.8. The summed E-state index contributed by atoms with van der Waals surface area (Å²) in [7, 11) is 0. The minimum absolute atomic E-state index is 0.0204. The Bertz CT molecular complexity index is 641. The second-order valence-corrected chi connectivity index (χ2v) is 6.92. The first-order chi connectivity index (χ1) is 12.0. The van der Waals surface area contributed by atoms with Crippen molar-refractivity contribution in [1.82, 2.24) is 10.2 Å². The average molecular weight is 345 g/mol. The average Bonchev–Trinajstić information content (AvgIpc) is 3.00. The topological polar surface area (TPSA) is 61.9 Å². The van der Waals surface area contributed by atoms with E-state index in [1.54, 1.807) is 4.90 Å². The Kier molecular flexibility index (Phi) is 5.71. The van der Waals surface area contributed by atoms with E-state index >= 15 is 0 Å². The summed E-state index contributed by atoms with van der Waals surface area (Å²) in [4.78, 5) is 28.7. The van der Waals surface area contributed by atoms with Crippen molar-refractivity contribution in [2.45, 2.75) is 20.3 Å². The van der Waals surface area contributed by atoms with Gasteiger partial charge in [0, 0.05) is 44.8 Å². The van der Waals surface area contributed by atoms with Crippen molar-refractivity contribution in [2.24, 2.45) is 5.92 Å². The Morgan fingerprint density at radius 1 is 1.24 bits per heavy atom. The minimum atomic E-state index is -0.265. The van der Waals surface area contributed by atoms with Crippen molar-refractivity contribution in [2.75, 3.05) is 50.8 Å². The third kappa shape index (κ3) is 4.38. The lowest BCUT2D eigenvalue weighted by Crippen LogP contribution is -2.42. The maximum atomic E-state index is 12.4. The molecule has 0 radical (unpaired) electrons. The second kappa shape index (κ2) is 7.97. The number of morpholine rings is 1. The highest BCUT2D eigenvalue weighted by atomic mass is 16.5. The molecule has 2 heterocycles. The van der Waals surface area contributed by atoms with Crippen LogP contribution in [0.1, 0.15) is 17.5 Å². The molecule has 1 aromatic rings. The van der Waals surface area contributed by atoms with E-state index < -0.39 is 0 Å². The standard InChI is InChI=1S/C19H27N3O3/c1-14-3-4-17(11-15(14)2)22-13-16(12-18(22)23)19(24)20-5-6-21-7-9-25-10-8-21/h3-4,11,16H,5-10,12-13H2,1-2H3,(H,20,24)/t16-/m1/s1. The molecular formula is C19H27N3O3. The van der Waals surface area contributed by atoms with E-state index in [9.17, 15) is 9.59 Å². The van der Waals surface area contributed by atoms with Crippen LogP contribution >= 0.6 is 0 Å². The number of amides is 2. The summed E-state index contributed by atoms with van der Waals surface area (Å²) in [6.07, 6.45) is 0.288. The van der Waals surface area contributed by atoms with Crippen LogP contribution in [0.25, 0.3) is 0 Å². The van der Waals surface area contributed by atoms with Gasteiger partial charge in [-0.2, -0.15) is 0 Å². The molecule has 2 fully saturated rings. The van der Waals surface area contributed by atoms with E-state index in [1.165, 1.54) is 5.56 Å². The van der Waals surface area contributed by atoms with Gasteiger partial charge in [0.1, 0.15) is 0 Å². The largest absolute Gasteiger partial charge is 0.379 e. The maximum Gasteiger partial charge on any atom is 0.227 e. The molecule has 0 aromatic heterocycles. The predicted octanol–water partition coefficient (Wildman–Crippen LogP) is 1.10. The van der Waals surface area contributed by atoms with Gasteiger partial charge in [-0.3, -0.25) is 14.5 Å². The number of aryl methyl sites for hydroxylation is 2. The van der Waals surface area contributed by atoms with Gasteiger partial charge in [0.15, 0.2) is 0 Å². The molecule has 0 unspecified atom stereocenters. The first kappa shape index (κ1) is 17.9. The summed E-state index contributed by atoms with van der Waals surface area (Å²) in [5.74, 6) is -0.261. The first-order valence-corrected chi connectivity index (χ1v) is 9.00. The zero-order valence-corrected chi connectivity index (χ0v) is 15.1. The van der Waals surface area contributed by atoms with Crippen molar-refractivity contribution < 1.29 is 14.3 Å². The van der Waals surface area contributed by atoms with E-state index in [1.807, 2.05) is 25.1 Å². The highest BCUT2D eigenvalue weighted by Gasteiger charge is 2.35. The van der Waals surface area contributed by atoms with Crippen molar-refractivity contribution >= 4 is 17.5 Å². The summed E-state index contributed by atoms with van der Waals surface area (Å²) < 4.78 is 5.32. The van der Waals surface area contributed by atoms with Gasteiger partial charge >= 0.3 is 0 Å². The van der Waals surface area contributed by atoms with Crippen LogP contribution in [-0.2, 0) is 14.3 Å². The monoisotopic (exact) mass is 345 g/mol. The number of rotatable bonds is 5. The number of hydrogen-bond acceptors (Lipinski definition) is 4. The molecule has 1 aromatic carbocycles. The van der Waals surface area contributed by atoms with Gasteiger partial charge in [0.05, 0.1) is 19.1 Å². The quantitative estimate of drug-likeness (QED) is 0.868. The fourth-order valence-corrected chi connectivity index (χ4v) is 3.33. The van der Waals surface area contributed by atoms with Crippen LogP contribution in [0, 0.1) is 19.8 Å². The molecule has 3 rings (SSSR count). The molecule has 0 bridgehead atoms. The highest BCUT2D eigenvalue weighted by Crippen LogP contribution is 2.26. The lowest BCUT2D eigenvalue weighted by molar-refractivity contribution is -0.126. The fourth-order valence-electron chi connectivity index (χ4n) is 3.33. The van der Waals surface area contributed by atoms with Crippen LogP contribution in [0.4, 0.5) is 5.69 Å². The van der Waals surface area contributed by atoms with Gasteiger partial charge < -0.3 is 15.0 Å². The summed E-state index contributed by atoms with van der Waals surface area (Å²) in [5.41, 5.74) is 3.24. The SMILES string of the molecule is Cc1ccc(N2C[C@H](C(=O)NCCN3CCOCC3)CC2=O)cc1C. The Morgan fingerprint density at radius 2 is 2.00 bits per heavy atom. The molecule has 136 valence electrons. The molecule has 0 aliphatic carbocycles. The Morgan fingerprint density at radius 3 is 2.72 bits per heavy atom. The van der Waals surface area contributed by atoms with Gasteiger partial charge in [-0.05, 0) is 37.1 Å². The van der Waals surface area contributed by atoms with E-state index in [0.29, 0.717) is 13.1 Å². The number of benzene rings is 1. The smallest absolute Gasteiger partial charge is 0.227 e. The zero-order valence-electron chi connectivity index (χ0n) is 15.1. The lowest BCUT2D eigenvalue weighted by atomic mass is 10.1. The highest BCUT2D eigenvalue weighted by molar-refractivity contribution is 6.00. The summed E-state index contributed by atoms with van der Waals surface area (Å²) in [6.45, 7) is 9.35. The summed E-state index contributed by atoms with van der Waals surface area (Å²) in [5, 5.41) is 2.98. The van der Waals surface area contributed by atoms with E-state index in [4.69, 9.17) is 4.74 Å². The molecule has 2 aliphatic rings. The maximum absolute atomic E-state index is 12.4. The first-order valence-electron chi connectivity index (χ1n) is 9.00. The number of carbonyl (C=O) groups excluding carboxylic acids is 2. The Labute approximate surface area is 149 Å². The number of ether oxygens (including phenoxy) is 1. The molecule has 2 aliphatic heterocycles. The van der Waals surface area contributed by atoms with Crippen LogP contribution < -0.4 is 10.2 Å². The number of nitrogens with zero attached hydrogens (tertiary/aromatic N) is 2. The molecule has 1 N–H and O–H groups in total. The molecule has 1 atom stereocenters. The van der Waals surface area contributed by atoms with Crippen LogP contribution in [-0.4, -0.2) is 62.7 Å². The van der Waals surface area contributed by atoms with E-state index in [0.717, 1.165) is 44.1 Å². The number of carbonyl (C=O) groups is 2. The van der Waals surface area contributed by atoms with Crippen molar-refractivity contribution in [3.8, 4) is 0 Å². The molecule has 25 heavy (non-hydrogen) atoms. The van der Waals surface area contributed by atoms with Crippen molar-refractivity contribution in [3.05, 3.63) is 29.3 Å². The summed E-state index contributed by atoms with van der Waals surface area (Å²) in [6, 6.07) is 6.00. The van der Waals surface area contributed by atoms with Crippen LogP contribution in [0.15, 0.2) is 18.2 Å². The number of anilines is 1. The van der Waals surface area contributed by atoms with Crippen LogP contribution in [0.5, 0.6) is 0 Å². The minimum Gasteiger partial charge on any atom is -0.379 e. The second-order valence-electron chi connectivity index (χ2n) is 6.92. The fraction of sp³-hybridized carbons (Fsp3) is 0.579. The van der Waals surface area contributed by atoms with Crippen molar-refractivity contribution in [1.29, 1.82) is 0 Å². The number of nitrogens with one attached hydrogen (secondary N) is 1. The molecule has 0 saturated carbocycles. The lowest BCUT2D eigenvalue weighted by Gasteiger charge is -2.26. The van der Waals surface area contributed by atoms with Gasteiger partial charge in [0.25, 0.3) is 0 Å². The summed E-state index contributed by atoms with van der Waals surface area (Å²) >= 11 is 0. The Balaban J connectivity index is 1.50. The molecule has 6 heteroatoms. The van der Waals surface area contributed by atoms with Gasteiger partial charge in [-0.1, -0.05) is 6.07 Å². The molecular weight excluding hydrogens is 318 g/mol. The third-order valence-corrected chi connectivity index (χ3v) is 5.13. The van der Waals surface area contributed by atoms with Crippen LogP contribution in [0.2, 0.25) is 0 Å². The Hall–Kier alpha value is -1.92. The molecule has 2 saturated heterocycles. The molecule has 2 amide bonds. The van der Waals surface area contributed by atoms with Gasteiger partial charge in [-0.15, -0.1) is 0 Å². The van der Waals surface area contributed by atoms with E-state index in [-0.39, 0.29) is 24.2 Å². The normalized spacial score (nSPS) is 21.6. The van der Waals surface area contributed by atoms with Gasteiger partial charge in [-0.25, -0.2) is 0 Å². The van der Waals surface area contributed by atoms with Gasteiger partial charge in [0.2, 0.25) is 11.8 Å². The third-order valence-electron chi connectivity index (χ3n) is 5.13. The predicted molar refractivity (Wildman–Crippen MR) is 96.6 cm³/mol. The molecule has 6 nitrogen and oxygen atoms in total. The van der Waals surface area contributed by atoms with Crippen molar-refractivity contribution in [3.63, 3.8) is 0 Å².